The Morgan fingerprint density at radius 1 is 0.738 bits per heavy atom. The molecular weight excluding hydrogens is 536 g/mol. The molecule has 0 aromatic heterocycles. The quantitative estimate of drug-likeness (QED) is 0.206. The Morgan fingerprint density at radius 2 is 1.36 bits per heavy atom. The maximum atomic E-state index is 14.1. The number of benzene rings is 4. The van der Waals surface area contributed by atoms with E-state index >= 15 is 0 Å². The van der Waals surface area contributed by atoms with Crippen LogP contribution < -0.4 is 23.7 Å². The highest BCUT2D eigenvalue weighted by Crippen LogP contribution is 2.60. The van der Waals surface area contributed by atoms with Gasteiger partial charge in [0.1, 0.15) is 30.5 Å². The molecule has 1 aliphatic heterocycles. The van der Waals surface area contributed by atoms with E-state index in [0.717, 1.165) is 11.1 Å². The number of carbonyl (C=O) groups excluding carboxylic acids is 1. The van der Waals surface area contributed by atoms with E-state index in [-0.39, 0.29) is 0 Å². The van der Waals surface area contributed by atoms with Gasteiger partial charge in [-0.3, -0.25) is 9.59 Å². The fraction of sp³-hybridized carbons (Fsp3) is 0.235. The first kappa shape index (κ1) is 27.2. The van der Waals surface area contributed by atoms with Gasteiger partial charge < -0.3 is 28.8 Å². The molecule has 0 bridgehead atoms. The molecule has 1 heterocycles. The van der Waals surface area contributed by atoms with Gasteiger partial charge in [0.15, 0.2) is 11.5 Å². The van der Waals surface area contributed by atoms with Gasteiger partial charge in [0, 0.05) is 17.4 Å². The molecular formula is C34H30O8. The van der Waals surface area contributed by atoms with E-state index in [1.807, 2.05) is 48.5 Å². The fourth-order valence-corrected chi connectivity index (χ4v) is 6.22. The standard InChI is InChI=1S/C34H30O8/c1-38-25-14-5-3-11-23(25)28-30(33(35)36)29(24-12-4-6-15-26(24)39-2)31(28)34(37)42-21-10-7-9-20(19-21)22-13-8-16-27-32(22)41-18-17-40-27/h3-16,19,28-31H,17-18H2,1-2H3,(H,35,36)/t28-,29?,30?,31?/m1/s1. The molecule has 42 heavy (non-hydrogen) atoms. The van der Waals surface area contributed by atoms with Gasteiger partial charge in [-0.05, 0) is 47.0 Å². The number of carbonyl (C=O) groups is 2. The Labute approximate surface area is 243 Å². The minimum atomic E-state index is -1.01. The zero-order valence-electron chi connectivity index (χ0n) is 23.2. The molecule has 0 radical (unpaired) electrons. The highest BCUT2D eigenvalue weighted by atomic mass is 16.6. The first-order valence-corrected chi connectivity index (χ1v) is 13.7. The molecule has 4 aromatic carbocycles. The molecule has 4 aromatic rings. The molecule has 2 aliphatic rings. The molecule has 4 atom stereocenters. The predicted molar refractivity (Wildman–Crippen MR) is 155 cm³/mol. The summed E-state index contributed by atoms with van der Waals surface area (Å²) in [6.45, 7) is 0.924. The second-order valence-electron chi connectivity index (χ2n) is 10.2. The van der Waals surface area contributed by atoms with Crippen LogP contribution in [0.4, 0.5) is 0 Å². The maximum Gasteiger partial charge on any atom is 0.315 e. The number of aliphatic carboxylic acids is 1. The number of fused-ring (bicyclic) bond motifs is 1. The van der Waals surface area contributed by atoms with Crippen LogP contribution in [0, 0.1) is 11.8 Å². The smallest absolute Gasteiger partial charge is 0.315 e. The summed E-state index contributed by atoms with van der Waals surface area (Å²) >= 11 is 0. The zero-order chi connectivity index (χ0) is 29.2. The number of ether oxygens (including phenoxy) is 5. The van der Waals surface area contributed by atoms with Crippen molar-refractivity contribution in [2.24, 2.45) is 11.8 Å². The van der Waals surface area contributed by atoms with Crippen LogP contribution in [-0.2, 0) is 9.59 Å². The summed E-state index contributed by atoms with van der Waals surface area (Å²) in [5.41, 5.74) is 2.89. The summed E-state index contributed by atoms with van der Waals surface area (Å²) < 4.78 is 28.8. The van der Waals surface area contributed by atoms with Crippen molar-refractivity contribution in [2.75, 3.05) is 27.4 Å². The molecule has 1 N–H and O–H groups in total. The van der Waals surface area contributed by atoms with Crippen LogP contribution in [0.25, 0.3) is 11.1 Å². The summed E-state index contributed by atoms with van der Waals surface area (Å²) in [4.78, 5) is 26.8. The number of hydrogen-bond acceptors (Lipinski definition) is 7. The van der Waals surface area contributed by atoms with Crippen LogP contribution in [0.3, 0.4) is 0 Å². The van der Waals surface area contributed by atoms with Crippen molar-refractivity contribution in [1.29, 1.82) is 0 Å². The number of para-hydroxylation sites is 3. The van der Waals surface area contributed by atoms with Crippen LogP contribution in [0.15, 0.2) is 91.0 Å². The first-order valence-electron chi connectivity index (χ1n) is 13.7. The van der Waals surface area contributed by atoms with Crippen molar-refractivity contribution in [3.8, 4) is 39.9 Å². The van der Waals surface area contributed by atoms with E-state index in [1.54, 1.807) is 42.5 Å². The van der Waals surface area contributed by atoms with Gasteiger partial charge in [0.05, 0.1) is 26.1 Å². The van der Waals surface area contributed by atoms with E-state index in [2.05, 4.69) is 0 Å². The van der Waals surface area contributed by atoms with Crippen LogP contribution in [-0.4, -0.2) is 44.5 Å². The number of carboxylic acid groups (broad SMARTS) is 1. The van der Waals surface area contributed by atoms with Crippen molar-refractivity contribution >= 4 is 11.9 Å². The summed E-state index contributed by atoms with van der Waals surface area (Å²) in [6, 6.07) is 27.2. The number of methoxy groups -OCH3 is 2. The van der Waals surface area contributed by atoms with Crippen molar-refractivity contribution in [2.45, 2.75) is 11.8 Å². The highest BCUT2D eigenvalue weighted by molar-refractivity contribution is 5.86. The van der Waals surface area contributed by atoms with Gasteiger partial charge in [-0.25, -0.2) is 0 Å². The molecule has 1 fully saturated rings. The maximum absolute atomic E-state index is 14.1. The zero-order valence-corrected chi connectivity index (χ0v) is 23.2. The molecule has 3 unspecified atom stereocenters. The van der Waals surface area contributed by atoms with E-state index in [9.17, 15) is 14.7 Å². The summed E-state index contributed by atoms with van der Waals surface area (Å²) in [6.07, 6.45) is 0. The van der Waals surface area contributed by atoms with Gasteiger partial charge in [-0.1, -0.05) is 60.7 Å². The minimum Gasteiger partial charge on any atom is -0.496 e. The Morgan fingerprint density at radius 3 is 2.00 bits per heavy atom. The topological polar surface area (TPSA) is 101 Å². The SMILES string of the molecule is COc1ccccc1C1C(C(=O)O)[C@@H](c2ccccc2OC)C1C(=O)Oc1cccc(-c2cccc3c2OCCO3)c1. The molecule has 0 saturated heterocycles. The van der Waals surface area contributed by atoms with E-state index in [1.165, 1.54) is 14.2 Å². The molecule has 1 saturated carbocycles. The van der Waals surface area contributed by atoms with Crippen LogP contribution in [0.1, 0.15) is 23.0 Å². The normalized spacial score (nSPS) is 20.6. The van der Waals surface area contributed by atoms with Crippen LogP contribution >= 0.6 is 0 Å². The first-order chi connectivity index (χ1) is 20.5. The van der Waals surface area contributed by atoms with Crippen molar-refractivity contribution < 1.29 is 38.4 Å². The molecule has 0 spiro atoms. The molecule has 214 valence electrons. The van der Waals surface area contributed by atoms with Crippen molar-refractivity contribution in [3.63, 3.8) is 0 Å². The number of rotatable bonds is 8. The Bertz CT molecular complexity index is 1570. The second-order valence-corrected chi connectivity index (χ2v) is 10.2. The third-order valence-corrected chi connectivity index (χ3v) is 8.03. The molecule has 8 heteroatoms. The lowest BCUT2D eigenvalue weighted by atomic mass is 9.52. The van der Waals surface area contributed by atoms with E-state index in [0.29, 0.717) is 53.1 Å². The average molecular weight is 567 g/mol. The largest absolute Gasteiger partial charge is 0.496 e. The average Bonchev–Trinajstić information content (AvgIpc) is 3.00. The van der Waals surface area contributed by atoms with Crippen LogP contribution in [0.2, 0.25) is 0 Å². The Balaban J connectivity index is 1.38. The third kappa shape index (κ3) is 4.79. The number of esters is 1. The summed E-state index contributed by atoms with van der Waals surface area (Å²) in [5.74, 6) is -1.97. The Kier molecular flexibility index (Phi) is 7.44. The fourth-order valence-electron chi connectivity index (χ4n) is 6.22. The highest BCUT2D eigenvalue weighted by Gasteiger charge is 2.60. The second kappa shape index (κ2) is 11.5. The van der Waals surface area contributed by atoms with Gasteiger partial charge in [0.25, 0.3) is 0 Å². The summed E-state index contributed by atoms with van der Waals surface area (Å²) in [5, 5.41) is 10.4. The number of hydrogen-bond donors (Lipinski definition) is 1. The minimum absolute atomic E-state index is 0.336. The molecule has 1 aliphatic carbocycles. The van der Waals surface area contributed by atoms with Gasteiger partial charge >= 0.3 is 11.9 Å². The van der Waals surface area contributed by atoms with E-state index in [4.69, 9.17) is 23.7 Å². The lowest BCUT2D eigenvalue weighted by Crippen LogP contribution is -2.52. The molecule has 6 rings (SSSR count). The lowest BCUT2D eigenvalue weighted by Gasteiger charge is -2.49. The van der Waals surface area contributed by atoms with Gasteiger partial charge in [0.2, 0.25) is 0 Å². The monoisotopic (exact) mass is 566 g/mol. The van der Waals surface area contributed by atoms with E-state index < -0.39 is 35.6 Å². The molecule has 0 amide bonds. The van der Waals surface area contributed by atoms with Crippen molar-refractivity contribution in [1.82, 2.24) is 0 Å². The Hall–Kier alpha value is -4.98. The van der Waals surface area contributed by atoms with Crippen LogP contribution in [0.5, 0.6) is 28.7 Å². The molecule has 8 nitrogen and oxygen atoms in total. The predicted octanol–water partition coefficient (Wildman–Crippen LogP) is 5.95. The summed E-state index contributed by atoms with van der Waals surface area (Å²) in [7, 11) is 3.06. The van der Waals surface area contributed by atoms with Crippen molar-refractivity contribution in [3.05, 3.63) is 102 Å². The van der Waals surface area contributed by atoms with Gasteiger partial charge in [-0.15, -0.1) is 0 Å². The third-order valence-electron chi connectivity index (χ3n) is 8.03. The van der Waals surface area contributed by atoms with Gasteiger partial charge in [-0.2, -0.15) is 0 Å². The lowest BCUT2D eigenvalue weighted by molar-refractivity contribution is -0.158. The number of carboxylic acids is 1.